The first-order chi connectivity index (χ1) is 19.2. The first-order valence-corrected chi connectivity index (χ1v) is 13.5. The van der Waals surface area contributed by atoms with Gasteiger partial charge >= 0.3 is 5.97 Å². The topological polar surface area (TPSA) is 201 Å². The summed E-state index contributed by atoms with van der Waals surface area (Å²) in [6.07, 6.45) is -6.15. The number of ether oxygens (including phenoxy) is 7. The van der Waals surface area contributed by atoms with E-state index >= 15 is 0 Å². The van der Waals surface area contributed by atoms with E-state index in [9.17, 15) is 29.7 Å². The van der Waals surface area contributed by atoms with Gasteiger partial charge in [-0.3, -0.25) is 14.4 Å². The number of amides is 2. The van der Waals surface area contributed by atoms with Crippen molar-refractivity contribution in [1.29, 1.82) is 0 Å². The van der Waals surface area contributed by atoms with E-state index in [1.54, 1.807) is 0 Å². The molecule has 2 amide bonds. The van der Waals surface area contributed by atoms with E-state index in [-0.39, 0.29) is 13.2 Å². The van der Waals surface area contributed by atoms with Gasteiger partial charge in [0.05, 0.1) is 53.4 Å². The summed E-state index contributed by atoms with van der Waals surface area (Å²) >= 11 is 0. The van der Waals surface area contributed by atoms with Gasteiger partial charge in [-0.2, -0.15) is 0 Å². The van der Waals surface area contributed by atoms with Crippen LogP contribution in [-0.2, 0) is 47.5 Å². The van der Waals surface area contributed by atoms with E-state index in [4.69, 9.17) is 28.4 Å². The van der Waals surface area contributed by atoms with Crippen LogP contribution in [0.1, 0.15) is 26.7 Å². The molecule has 0 aromatic rings. The van der Waals surface area contributed by atoms with Crippen molar-refractivity contribution in [1.82, 2.24) is 10.6 Å². The molecule has 1 unspecified atom stereocenters. The van der Waals surface area contributed by atoms with Crippen molar-refractivity contribution >= 4 is 17.8 Å². The number of esters is 1. The molecule has 1 rings (SSSR count). The highest BCUT2D eigenvalue weighted by molar-refractivity contribution is 5.90. The highest BCUT2D eigenvalue weighted by atomic mass is 16.6. The van der Waals surface area contributed by atoms with Gasteiger partial charge in [-0.05, 0) is 26.7 Å². The fraction of sp³-hybridized carbons (Fsp3) is 0.880. The number of nitrogens with one attached hydrogen (secondary N) is 2. The van der Waals surface area contributed by atoms with Crippen molar-refractivity contribution in [2.45, 2.75) is 63.3 Å². The zero-order chi connectivity index (χ0) is 29.8. The highest BCUT2D eigenvalue weighted by Gasteiger charge is 2.47. The number of aliphatic hydroxyl groups excluding tert-OH is 3. The van der Waals surface area contributed by atoms with E-state index in [1.807, 2.05) is 6.92 Å². The molecule has 0 bridgehead atoms. The molecule has 1 aliphatic rings. The van der Waals surface area contributed by atoms with E-state index in [1.165, 1.54) is 14.0 Å². The molecular formula is C25H46N2O13. The summed E-state index contributed by atoms with van der Waals surface area (Å²) in [5.74, 6) is -2.21. The van der Waals surface area contributed by atoms with E-state index in [0.717, 1.165) is 6.42 Å². The van der Waals surface area contributed by atoms with E-state index in [2.05, 4.69) is 15.4 Å². The largest absolute Gasteiger partial charge is 0.468 e. The third-order valence-electron chi connectivity index (χ3n) is 5.79. The van der Waals surface area contributed by atoms with Crippen molar-refractivity contribution < 1.29 is 62.9 Å². The maximum atomic E-state index is 12.6. The Bertz CT molecular complexity index is 714. The molecule has 0 aromatic heterocycles. The van der Waals surface area contributed by atoms with Crippen LogP contribution in [0.2, 0.25) is 0 Å². The van der Waals surface area contributed by atoms with Gasteiger partial charge < -0.3 is 59.1 Å². The first-order valence-electron chi connectivity index (χ1n) is 13.5. The zero-order valence-electron chi connectivity index (χ0n) is 23.6. The van der Waals surface area contributed by atoms with Crippen molar-refractivity contribution in [3.8, 4) is 0 Å². The summed E-state index contributed by atoms with van der Waals surface area (Å²) in [5.41, 5.74) is 0. The molecule has 5 N–H and O–H groups in total. The summed E-state index contributed by atoms with van der Waals surface area (Å²) in [5, 5.41) is 35.3. The van der Waals surface area contributed by atoms with Gasteiger partial charge in [0.2, 0.25) is 5.91 Å². The summed E-state index contributed by atoms with van der Waals surface area (Å²) in [4.78, 5) is 35.8. The monoisotopic (exact) mass is 582 g/mol. The van der Waals surface area contributed by atoms with Crippen molar-refractivity contribution in [2.24, 2.45) is 0 Å². The number of hydrogen-bond donors (Lipinski definition) is 5. The maximum Gasteiger partial charge on any atom is 0.325 e. The smallest absolute Gasteiger partial charge is 0.325 e. The Labute approximate surface area is 234 Å². The third-order valence-corrected chi connectivity index (χ3v) is 5.79. The Morgan fingerprint density at radius 3 is 1.93 bits per heavy atom. The molecule has 1 aliphatic heterocycles. The van der Waals surface area contributed by atoms with Crippen LogP contribution >= 0.6 is 0 Å². The molecule has 15 heteroatoms. The van der Waals surface area contributed by atoms with Crippen LogP contribution in [0, 0.1) is 0 Å². The first kappa shape index (κ1) is 36.1. The van der Waals surface area contributed by atoms with Crippen molar-refractivity contribution in [3.63, 3.8) is 0 Å². The Morgan fingerprint density at radius 1 is 0.800 bits per heavy atom. The Balaban J connectivity index is 2.22. The predicted octanol–water partition coefficient (Wildman–Crippen LogP) is -2.49. The number of unbranched alkanes of at least 4 members (excludes halogenated alkanes) is 1. The lowest BCUT2D eigenvalue weighted by molar-refractivity contribution is -0.230. The minimum Gasteiger partial charge on any atom is -0.468 e. The van der Waals surface area contributed by atoms with Gasteiger partial charge in [0, 0.05) is 19.8 Å². The Kier molecular flexibility index (Phi) is 19.6. The van der Waals surface area contributed by atoms with Crippen LogP contribution in [0.3, 0.4) is 0 Å². The SMILES string of the molecule is CCOCCOCCOCCOCCCCOC[C@H]1O[C@H](C(=O)NC(C)C(=O)NCC(=O)OC)[C@@H](O)[C@@H](O)[C@@H]1O. The second-order valence-corrected chi connectivity index (χ2v) is 8.91. The normalized spacial score (nSPS) is 23.4. The molecule has 0 aliphatic carbocycles. The van der Waals surface area contributed by atoms with Crippen LogP contribution in [0.5, 0.6) is 0 Å². The lowest BCUT2D eigenvalue weighted by Crippen LogP contribution is -2.63. The van der Waals surface area contributed by atoms with E-state index < -0.39 is 54.3 Å². The molecule has 234 valence electrons. The molecule has 0 aromatic carbocycles. The van der Waals surface area contributed by atoms with Crippen molar-refractivity contribution in [2.75, 3.05) is 79.7 Å². The molecule has 0 spiro atoms. The fourth-order valence-electron chi connectivity index (χ4n) is 3.46. The minimum absolute atomic E-state index is 0.134. The number of aliphatic hydroxyl groups is 3. The van der Waals surface area contributed by atoms with Gasteiger partial charge in [0.15, 0.2) is 6.10 Å². The lowest BCUT2D eigenvalue weighted by atomic mass is 9.94. The van der Waals surface area contributed by atoms with Gasteiger partial charge in [0.1, 0.15) is 37.0 Å². The van der Waals surface area contributed by atoms with Crippen LogP contribution in [0.15, 0.2) is 0 Å². The Morgan fingerprint density at radius 2 is 1.35 bits per heavy atom. The molecule has 1 saturated heterocycles. The quantitative estimate of drug-likeness (QED) is 0.0664. The zero-order valence-corrected chi connectivity index (χ0v) is 23.6. The average molecular weight is 583 g/mol. The standard InChI is InChI=1S/C25H46N2O13/c1-4-35-9-10-37-13-14-38-12-11-36-7-5-6-8-39-16-18-20(29)21(30)22(31)23(40-18)25(33)27-17(2)24(32)26-15-19(28)34-3/h17-18,20-23,29-31H,4-16H2,1-3H3,(H,26,32)(H,27,33)/t17?,18-,20-,21+,22+,23+/m1/s1. The number of carbonyl (C=O) groups excluding carboxylic acids is 3. The third kappa shape index (κ3) is 14.6. The number of carbonyl (C=O) groups is 3. The van der Waals surface area contributed by atoms with Gasteiger partial charge in [-0.25, -0.2) is 0 Å². The van der Waals surface area contributed by atoms with Crippen molar-refractivity contribution in [3.05, 3.63) is 0 Å². The predicted molar refractivity (Wildman–Crippen MR) is 138 cm³/mol. The van der Waals surface area contributed by atoms with Gasteiger partial charge in [-0.1, -0.05) is 0 Å². The minimum atomic E-state index is -1.73. The summed E-state index contributed by atoms with van der Waals surface area (Å²) in [7, 11) is 1.17. The summed E-state index contributed by atoms with van der Waals surface area (Å²) in [6.45, 7) is 7.29. The molecular weight excluding hydrogens is 536 g/mol. The van der Waals surface area contributed by atoms with E-state index in [0.29, 0.717) is 65.9 Å². The molecule has 1 heterocycles. The average Bonchev–Trinajstić information content (AvgIpc) is 2.94. The number of rotatable bonds is 22. The molecule has 15 nitrogen and oxygen atoms in total. The molecule has 0 radical (unpaired) electrons. The lowest BCUT2D eigenvalue weighted by Gasteiger charge is -2.40. The fourth-order valence-corrected chi connectivity index (χ4v) is 3.46. The van der Waals surface area contributed by atoms with Crippen LogP contribution in [0.4, 0.5) is 0 Å². The molecule has 40 heavy (non-hydrogen) atoms. The Hall–Kier alpha value is -1.95. The second kappa shape index (κ2) is 21.8. The molecule has 0 saturated carbocycles. The summed E-state index contributed by atoms with van der Waals surface area (Å²) < 4.78 is 36.9. The van der Waals surface area contributed by atoms with Gasteiger partial charge in [0.25, 0.3) is 5.91 Å². The van der Waals surface area contributed by atoms with Crippen LogP contribution < -0.4 is 10.6 Å². The molecule has 1 fully saturated rings. The number of methoxy groups -OCH3 is 1. The maximum absolute atomic E-state index is 12.6. The highest BCUT2D eigenvalue weighted by Crippen LogP contribution is 2.22. The van der Waals surface area contributed by atoms with Crippen LogP contribution in [-0.4, -0.2) is 149 Å². The van der Waals surface area contributed by atoms with Crippen LogP contribution in [0.25, 0.3) is 0 Å². The molecule has 6 atom stereocenters. The number of hydrogen-bond acceptors (Lipinski definition) is 13. The van der Waals surface area contributed by atoms with Gasteiger partial charge in [-0.15, -0.1) is 0 Å². The second-order valence-electron chi connectivity index (χ2n) is 8.91. The summed E-state index contributed by atoms with van der Waals surface area (Å²) in [6, 6.07) is -1.08.